The lowest BCUT2D eigenvalue weighted by atomic mass is 9.71. The minimum absolute atomic E-state index is 0.0360. The Labute approximate surface area is 145 Å². The zero-order chi connectivity index (χ0) is 17.1. The van der Waals surface area contributed by atoms with Gasteiger partial charge in [0.15, 0.2) is 0 Å². The third kappa shape index (κ3) is 3.52. The van der Waals surface area contributed by atoms with E-state index in [1.807, 2.05) is 18.2 Å². The lowest BCUT2D eigenvalue weighted by molar-refractivity contribution is -0.119. The molecule has 1 aliphatic carbocycles. The van der Waals surface area contributed by atoms with E-state index in [1.54, 1.807) is 17.3 Å². The van der Waals surface area contributed by atoms with Crippen molar-refractivity contribution in [2.24, 2.45) is 5.41 Å². The SMILES string of the molecule is O=C(CC1(Cn2cnnn2)CCCCC1)Nc1ccc2nc[nH]c2c1. The minimum atomic E-state index is -0.0736. The first-order chi connectivity index (χ1) is 12.2. The zero-order valence-electron chi connectivity index (χ0n) is 14.0. The molecule has 8 heteroatoms. The summed E-state index contributed by atoms with van der Waals surface area (Å²) in [6.07, 6.45) is 9.34. The Kier molecular flexibility index (Phi) is 4.17. The molecular formula is C17H21N7O. The van der Waals surface area contributed by atoms with Gasteiger partial charge in [0.1, 0.15) is 6.33 Å². The fourth-order valence-electron chi connectivity index (χ4n) is 3.85. The van der Waals surface area contributed by atoms with Crippen LogP contribution in [0.4, 0.5) is 5.69 Å². The molecular weight excluding hydrogens is 318 g/mol. The lowest BCUT2D eigenvalue weighted by Gasteiger charge is -2.36. The Morgan fingerprint density at radius 2 is 2.16 bits per heavy atom. The van der Waals surface area contributed by atoms with Gasteiger partial charge in [0, 0.05) is 12.1 Å². The Morgan fingerprint density at radius 1 is 1.28 bits per heavy atom. The first-order valence-electron chi connectivity index (χ1n) is 8.66. The van der Waals surface area contributed by atoms with Gasteiger partial charge in [0.2, 0.25) is 5.91 Å². The molecule has 1 amide bonds. The fraction of sp³-hybridized carbons (Fsp3) is 0.471. The Balaban J connectivity index is 1.47. The van der Waals surface area contributed by atoms with Gasteiger partial charge in [-0.25, -0.2) is 9.67 Å². The second-order valence-corrected chi connectivity index (χ2v) is 6.93. The number of tetrazole rings is 1. The number of benzene rings is 1. The summed E-state index contributed by atoms with van der Waals surface area (Å²) in [5.41, 5.74) is 2.52. The average Bonchev–Trinajstić information content (AvgIpc) is 3.26. The maximum atomic E-state index is 12.7. The summed E-state index contributed by atoms with van der Waals surface area (Å²) in [6, 6.07) is 5.70. The lowest BCUT2D eigenvalue weighted by Crippen LogP contribution is -2.34. The van der Waals surface area contributed by atoms with E-state index in [2.05, 4.69) is 30.8 Å². The Bertz CT molecular complexity index is 849. The number of amides is 1. The summed E-state index contributed by atoms with van der Waals surface area (Å²) in [6.45, 7) is 0.688. The molecule has 1 saturated carbocycles. The number of aromatic nitrogens is 6. The van der Waals surface area contributed by atoms with Gasteiger partial charge < -0.3 is 10.3 Å². The number of carbonyl (C=O) groups excluding carboxylic acids is 1. The van der Waals surface area contributed by atoms with Crippen LogP contribution in [-0.2, 0) is 11.3 Å². The van der Waals surface area contributed by atoms with Crippen LogP contribution < -0.4 is 5.32 Å². The molecule has 25 heavy (non-hydrogen) atoms. The number of nitrogens with zero attached hydrogens (tertiary/aromatic N) is 5. The number of imidazole rings is 1. The molecule has 2 N–H and O–H groups in total. The molecule has 8 nitrogen and oxygen atoms in total. The monoisotopic (exact) mass is 339 g/mol. The highest BCUT2D eigenvalue weighted by atomic mass is 16.1. The normalized spacial score (nSPS) is 16.8. The molecule has 0 unspecified atom stereocenters. The van der Waals surface area contributed by atoms with E-state index in [-0.39, 0.29) is 11.3 Å². The third-order valence-electron chi connectivity index (χ3n) is 5.04. The molecule has 1 aromatic carbocycles. The predicted molar refractivity (Wildman–Crippen MR) is 92.7 cm³/mol. The summed E-state index contributed by atoms with van der Waals surface area (Å²) < 4.78 is 1.75. The van der Waals surface area contributed by atoms with Gasteiger partial charge in [0.05, 0.1) is 23.9 Å². The molecule has 2 heterocycles. The van der Waals surface area contributed by atoms with E-state index in [0.29, 0.717) is 13.0 Å². The molecule has 1 aliphatic rings. The molecule has 130 valence electrons. The smallest absolute Gasteiger partial charge is 0.225 e. The minimum Gasteiger partial charge on any atom is -0.345 e. The largest absolute Gasteiger partial charge is 0.345 e. The van der Waals surface area contributed by atoms with Crippen molar-refractivity contribution in [3.05, 3.63) is 30.9 Å². The highest BCUT2D eigenvalue weighted by Crippen LogP contribution is 2.40. The van der Waals surface area contributed by atoms with Gasteiger partial charge in [0.25, 0.3) is 0 Å². The zero-order valence-corrected chi connectivity index (χ0v) is 14.0. The number of nitrogens with one attached hydrogen (secondary N) is 2. The summed E-state index contributed by atoms with van der Waals surface area (Å²) in [5.74, 6) is 0.0360. The Hall–Kier alpha value is -2.77. The van der Waals surface area contributed by atoms with Crippen molar-refractivity contribution in [1.29, 1.82) is 0 Å². The second-order valence-electron chi connectivity index (χ2n) is 6.93. The van der Waals surface area contributed by atoms with Crippen molar-refractivity contribution >= 4 is 22.6 Å². The first kappa shape index (κ1) is 15.7. The maximum Gasteiger partial charge on any atom is 0.225 e. The van der Waals surface area contributed by atoms with E-state index in [4.69, 9.17) is 0 Å². The van der Waals surface area contributed by atoms with Crippen LogP contribution in [0.25, 0.3) is 11.0 Å². The summed E-state index contributed by atoms with van der Waals surface area (Å²) in [5, 5.41) is 14.4. The number of hydrogen-bond donors (Lipinski definition) is 2. The molecule has 1 fully saturated rings. The highest BCUT2D eigenvalue weighted by Gasteiger charge is 2.35. The summed E-state index contributed by atoms with van der Waals surface area (Å²) >= 11 is 0. The van der Waals surface area contributed by atoms with Gasteiger partial charge >= 0.3 is 0 Å². The van der Waals surface area contributed by atoms with Gasteiger partial charge in [-0.05, 0) is 46.9 Å². The second kappa shape index (κ2) is 6.62. The van der Waals surface area contributed by atoms with E-state index >= 15 is 0 Å². The quantitative estimate of drug-likeness (QED) is 0.744. The first-order valence-corrected chi connectivity index (χ1v) is 8.66. The van der Waals surface area contributed by atoms with Gasteiger partial charge in [-0.2, -0.15) is 0 Å². The van der Waals surface area contributed by atoms with Gasteiger partial charge in [-0.15, -0.1) is 5.10 Å². The van der Waals surface area contributed by atoms with Crippen LogP contribution in [0.3, 0.4) is 0 Å². The van der Waals surface area contributed by atoms with E-state index in [1.165, 1.54) is 6.42 Å². The molecule has 4 rings (SSSR count). The van der Waals surface area contributed by atoms with E-state index in [0.717, 1.165) is 42.4 Å². The van der Waals surface area contributed by atoms with Crippen molar-refractivity contribution in [1.82, 2.24) is 30.2 Å². The number of anilines is 1. The molecule has 2 aromatic heterocycles. The van der Waals surface area contributed by atoms with E-state index < -0.39 is 0 Å². The number of H-pyrrole nitrogens is 1. The highest BCUT2D eigenvalue weighted by molar-refractivity contribution is 5.93. The van der Waals surface area contributed by atoms with Crippen molar-refractivity contribution in [3.63, 3.8) is 0 Å². The standard InChI is InChI=1S/C17H21N7O/c25-16(21-13-4-5-14-15(8-13)19-11-18-14)9-17(6-2-1-3-7-17)10-24-12-20-22-23-24/h4-5,8,11-12H,1-3,6-7,9-10H2,(H,18,19)(H,21,25). The average molecular weight is 339 g/mol. The number of fused-ring (bicyclic) bond motifs is 1. The number of carbonyl (C=O) groups is 1. The molecule has 0 aliphatic heterocycles. The summed E-state index contributed by atoms with van der Waals surface area (Å²) in [7, 11) is 0. The molecule has 0 spiro atoms. The molecule has 0 radical (unpaired) electrons. The molecule has 0 atom stereocenters. The van der Waals surface area contributed by atoms with Crippen LogP contribution in [0, 0.1) is 5.41 Å². The van der Waals surface area contributed by atoms with Crippen LogP contribution in [0.1, 0.15) is 38.5 Å². The Morgan fingerprint density at radius 3 is 2.96 bits per heavy atom. The van der Waals surface area contributed by atoms with Crippen LogP contribution in [0.2, 0.25) is 0 Å². The van der Waals surface area contributed by atoms with Crippen LogP contribution in [0.5, 0.6) is 0 Å². The van der Waals surface area contributed by atoms with Gasteiger partial charge in [-0.1, -0.05) is 19.3 Å². The van der Waals surface area contributed by atoms with Crippen molar-refractivity contribution < 1.29 is 4.79 Å². The molecule has 0 saturated heterocycles. The van der Waals surface area contributed by atoms with Crippen LogP contribution >= 0.6 is 0 Å². The van der Waals surface area contributed by atoms with Crippen molar-refractivity contribution in [2.45, 2.75) is 45.1 Å². The topological polar surface area (TPSA) is 101 Å². The van der Waals surface area contributed by atoms with Crippen LogP contribution in [0.15, 0.2) is 30.9 Å². The number of hydrogen-bond acceptors (Lipinski definition) is 5. The molecule has 3 aromatic rings. The predicted octanol–water partition coefficient (Wildman–Crippen LogP) is 2.53. The fourth-order valence-corrected chi connectivity index (χ4v) is 3.85. The number of rotatable bonds is 5. The molecule has 0 bridgehead atoms. The van der Waals surface area contributed by atoms with Crippen molar-refractivity contribution in [2.75, 3.05) is 5.32 Å². The van der Waals surface area contributed by atoms with Crippen molar-refractivity contribution in [3.8, 4) is 0 Å². The summed E-state index contributed by atoms with van der Waals surface area (Å²) in [4.78, 5) is 20.0. The maximum absolute atomic E-state index is 12.7. The number of aromatic amines is 1. The van der Waals surface area contributed by atoms with Gasteiger partial charge in [-0.3, -0.25) is 4.79 Å². The van der Waals surface area contributed by atoms with Crippen LogP contribution in [-0.4, -0.2) is 36.1 Å². The van der Waals surface area contributed by atoms with E-state index in [9.17, 15) is 4.79 Å². The third-order valence-corrected chi connectivity index (χ3v) is 5.04.